The molecule has 1 aromatic carbocycles. The van der Waals surface area contributed by atoms with Crippen molar-refractivity contribution in [2.75, 3.05) is 6.61 Å². The van der Waals surface area contributed by atoms with Crippen molar-refractivity contribution in [2.45, 2.75) is 25.7 Å². The Bertz CT molecular complexity index is 699. The monoisotopic (exact) mass is 304 g/mol. The maximum absolute atomic E-state index is 11.6. The van der Waals surface area contributed by atoms with Crippen LogP contribution in [0.5, 0.6) is 0 Å². The first-order valence-corrected chi connectivity index (χ1v) is 10.2. The summed E-state index contributed by atoms with van der Waals surface area (Å²) in [6.45, 7) is 6.90. The molecule has 0 saturated carbocycles. The molecule has 1 aromatic heterocycles. The molecule has 0 aliphatic heterocycles. The molecular weight excluding hydrogens is 288 g/mol. The molecule has 0 bridgehead atoms. The standard InChI is InChI=1S/C13H16N4O3Si/c1-21(2,3)7-6-19-13(18)20-17-12-8-10(9-14)4-5-11(12)15-16-17/h4-5,8H,6-7H2,1-3H3. The van der Waals surface area contributed by atoms with Crippen molar-refractivity contribution in [1.29, 1.82) is 5.26 Å². The summed E-state index contributed by atoms with van der Waals surface area (Å²) in [5, 5.41) is 16.4. The SMILES string of the molecule is C[Si](C)(C)CCOC(=O)On1nnc2ccc(C#N)cc21. The number of benzene rings is 1. The van der Waals surface area contributed by atoms with Gasteiger partial charge in [0.15, 0.2) is 0 Å². The van der Waals surface area contributed by atoms with Crippen LogP contribution >= 0.6 is 0 Å². The minimum atomic E-state index is -1.26. The van der Waals surface area contributed by atoms with Crippen LogP contribution in [0.1, 0.15) is 5.56 Å². The Hall–Kier alpha value is -2.40. The molecule has 0 aliphatic rings. The topological polar surface area (TPSA) is 90.0 Å². The summed E-state index contributed by atoms with van der Waals surface area (Å²) in [4.78, 5) is 17.5. The Morgan fingerprint density at radius 1 is 1.43 bits per heavy atom. The number of hydrogen-bond acceptors (Lipinski definition) is 6. The molecule has 0 aliphatic carbocycles. The number of aromatic nitrogens is 3. The second-order valence-electron chi connectivity index (χ2n) is 5.78. The van der Waals surface area contributed by atoms with Crippen LogP contribution in [0.15, 0.2) is 18.2 Å². The normalized spacial score (nSPS) is 11.1. The Kier molecular flexibility index (Phi) is 4.23. The lowest BCUT2D eigenvalue weighted by molar-refractivity contribution is 0.0426. The number of ether oxygens (including phenoxy) is 1. The van der Waals surface area contributed by atoms with Crippen molar-refractivity contribution >= 4 is 25.3 Å². The molecule has 2 aromatic rings. The molecule has 110 valence electrons. The zero-order valence-electron chi connectivity index (χ0n) is 12.2. The molecular formula is C13H16N4O3Si. The lowest BCUT2D eigenvalue weighted by Gasteiger charge is -2.14. The van der Waals surface area contributed by atoms with Gasteiger partial charge < -0.3 is 4.74 Å². The van der Waals surface area contributed by atoms with E-state index in [1.54, 1.807) is 18.2 Å². The molecule has 1 heterocycles. The predicted octanol–water partition coefficient (Wildman–Crippen LogP) is 2.21. The molecule has 0 saturated heterocycles. The fraction of sp³-hybridized carbons (Fsp3) is 0.385. The van der Waals surface area contributed by atoms with Crippen molar-refractivity contribution < 1.29 is 14.4 Å². The van der Waals surface area contributed by atoms with Gasteiger partial charge in [-0.1, -0.05) is 24.5 Å². The summed E-state index contributed by atoms with van der Waals surface area (Å²) in [5.41, 5.74) is 1.40. The molecule has 0 radical (unpaired) electrons. The molecule has 0 amide bonds. The van der Waals surface area contributed by atoms with E-state index in [0.29, 0.717) is 23.2 Å². The molecule has 0 spiro atoms. The fourth-order valence-corrected chi connectivity index (χ4v) is 2.29. The van der Waals surface area contributed by atoms with Crippen molar-refractivity contribution in [3.05, 3.63) is 23.8 Å². The van der Waals surface area contributed by atoms with Gasteiger partial charge in [0, 0.05) is 8.07 Å². The first-order valence-electron chi connectivity index (χ1n) is 6.50. The number of nitriles is 1. The minimum Gasteiger partial charge on any atom is -0.433 e. The van der Waals surface area contributed by atoms with Crippen molar-refractivity contribution in [2.24, 2.45) is 0 Å². The van der Waals surface area contributed by atoms with Gasteiger partial charge >= 0.3 is 6.16 Å². The molecule has 0 atom stereocenters. The number of nitrogens with zero attached hydrogens (tertiary/aromatic N) is 4. The third kappa shape index (κ3) is 4.03. The van der Waals surface area contributed by atoms with Crippen LogP contribution in [-0.2, 0) is 4.74 Å². The lowest BCUT2D eigenvalue weighted by Crippen LogP contribution is -2.26. The van der Waals surface area contributed by atoms with E-state index in [1.165, 1.54) is 0 Å². The summed E-state index contributed by atoms with van der Waals surface area (Å²) in [6, 6.07) is 7.67. The molecule has 2 rings (SSSR count). The highest BCUT2D eigenvalue weighted by Crippen LogP contribution is 2.12. The van der Waals surface area contributed by atoms with E-state index in [2.05, 4.69) is 30.0 Å². The van der Waals surface area contributed by atoms with Crippen LogP contribution in [0.3, 0.4) is 0 Å². The van der Waals surface area contributed by atoms with E-state index in [-0.39, 0.29) is 0 Å². The van der Waals surface area contributed by atoms with E-state index in [9.17, 15) is 4.79 Å². The van der Waals surface area contributed by atoms with Gasteiger partial charge in [-0.15, -0.1) is 5.10 Å². The number of hydrogen-bond donors (Lipinski definition) is 0. The Morgan fingerprint density at radius 3 is 2.86 bits per heavy atom. The molecule has 0 unspecified atom stereocenters. The van der Waals surface area contributed by atoms with Crippen molar-refractivity contribution in [3.8, 4) is 6.07 Å². The van der Waals surface area contributed by atoms with Gasteiger partial charge in [-0.05, 0) is 29.5 Å². The Balaban J connectivity index is 2.03. The van der Waals surface area contributed by atoms with Gasteiger partial charge in [-0.25, -0.2) is 4.79 Å². The average Bonchev–Trinajstić information content (AvgIpc) is 2.79. The zero-order valence-corrected chi connectivity index (χ0v) is 13.2. The highest BCUT2D eigenvalue weighted by Gasteiger charge is 2.16. The maximum Gasteiger partial charge on any atom is 0.535 e. The first-order chi connectivity index (χ1) is 9.89. The predicted molar refractivity (Wildman–Crippen MR) is 78.3 cm³/mol. The number of rotatable bonds is 4. The van der Waals surface area contributed by atoms with Gasteiger partial charge in [0.2, 0.25) is 0 Å². The smallest absolute Gasteiger partial charge is 0.433 e. The van der Waals surface area contributed by atoms with E-state index in [4.69, 9.17) is 14.8 Å². The van der Waals surface area contributed by atoms with Gasteiger partial charge in [-0.3, -0.25) is 4.84 Å². The van der Waals surface area contributed by atoms with Gasteiger partial charge in [0.05, 0.1) is 18.2 Å². The van der Waals surface area contributed by atoms with Crippen molar-refractivity contribution in [3.63, 3.8) is 0 Å². The second-order valence-corrected chi connectivity index (χ2v) is 11.4. The number of carbonyl (C=O) groups excluding carboxylic acids is 1. The highest BCUT2D eigenvalue weighted by molar-refractivity contribution is 6.76. The molecule has 8 heteroatoms. The quantitative estimate of drug-likeness (QED) is 0.488. The van der Waals surface area contributed by atoms with Gasteiger partial charge in [0.1, 0.15) is 11.0 Å². The third-order valence-corrected chi connectivity index (χ3v) is 4.48. The molecule has 21 heavy (non-hydrogen) atoms. The number of carbonyl (C=O) groups is 1. The van der Waals surface area contributed by atoms with Crippen LogP contribution < -0.4 is 4.84 Å². The summed E-state index contributed by atoms with van der Waals surface area (Å²) in [6.07, 6.45) is -0.831. The summed E-state index contributed by atoms with van der Waals surface area (Å²) >= 11 is 0. The first kappa shape index (κ1) is 15.0. The summed E-state index contributed by atoms with van der Waals surface area (Å²) in [7, 11) is -1.26. The third-order valence-electron chi connectivity index (χ3n) is 2.78. The second kappa shape index (κ2) is 5.93. The van der Waals surface area contributed by atoms with Crippen LogP contribution in [0, 0.1) is 11.3 Å². The van der Waals surface area contributed by atoms with Crippen LogP contribution in [0.2, 0.25) is 25.7 Å². The molecule has 7 nitrogen and oxygen atoms in total. The van der Waals surface area contributed by atoms with Crippen LogP contribution in [0.25, 0.3) is 11.0 Å². The largest absolute Gasteiger partial charge is 0.535 e. The van der Waals surface area contributed by atoms with Crippen LogP contribution in [0.4, 0.5) is 4.79 Å². The van der Waals surface area contributed by atoms with E-state index < -0.39 is 14.2 Å². The Morgan fingerprint density at radius 2 is 2.19 bits per heavy atom. The van der Waals surface area contributed by atoms with Gasteiger partial charge in [-0.2, -0.15) is 5.26 Å². The summed E-state index contributed by atoms with van der Waals surface area (Å²) < 4.78 is 5.02. The van der Waals surface area contributed by atoms with E-state index >= 15 is 0 Å². The van der Waals surface area contributed by atoms with Crippen LogP contribution in [-0.4, -0.2) is 36.0 Å². The van der Waals surface area contributed by atoms with Gasteiger partial charge in [0.25, 0.3) is 0 Å². The van der Waals surface area contributed by atoms with E-state index in [0.717, 1.165) is 10.9 Å². The fourth-order valence-electron chi connectivity index (χ4n) is 1.57. The van der Waals surface area contributed by atoms with E-state index in [1.807, 2.05) is 6.07 Å². The lowest BCUT2D eigenvalue weighted by atomic mass is 10.2. The summed E-state index contributed by atoms with van der Waals surface area (Å²) in [5.74, 6) is 0. The van der Waals surface area contributed by atoms with Crippen molar-refractivity contribution in [1.82, 2.24) is 15.2 Å². The zero-order chi connectivity index (χ0) is 15.5. The molecule has 0 fully saturated rings. The number of fused-ring (bicyclic) bond motifs is 1. The minimum absolute atomic E-state index is 0.324. The highest BCUT2D eigenvalue weighted by atomic mass is 28.3. The Labute approximate surface area is 123 Å². The maximum atomic E-state index is 11.6. The molecule has 0 N–H and O–H groups in total. The average molecular weight is 304 g/mol.